The summed E-state index contributed by atoms with van der Waals surface area (Å²) in [5.41, 5.74) is 0. The molecule has 2 unspecified atom stereocenters. The minimum atomic E-state index is -3.39. The maximum absolute atomic E-state index is 12.2. The molecule has 3 aliphatic rings. The third kappa shape index (κ3) is 3.10. The highest BCUT2D eigenvalue weighted by Crippen LogP contribution is 2.31. The smallest absolute Gasteiger partial charge is 0.301 e. The van der Waals surface area contributed by atoms with Crippen LogP contribution in [0.3, 0.4) is 0 Å². The summed E-state index contributed by atoms with van der Waals surface area (Å²) in [4.78, 5) is 0. The Bertz CT molecular complexity index is 467. The monoisotopic (exact) mass is 300 g/mol. The molecule has 2 fully saturated rings. The molecule has 5 nitrogen and oxygen atoms in total. The number of fused-ring (bicyclic) bond motifs is 1. The molecule has 6 heteroatoms. The molecule has 0 radical (unpaired) electrons. The lowest BCUT2D eigenvalue weighted by Crippen LogP contribution is -2.48. The zero-order chi connectivity index (χ0) is 14.0. The molecule has 2 aliphatic carbocycles. The maximum Gasteiger partial charge on any atom is 0.301 e. The fourth-order valence-corrected chi connectivity index (χ4v) is 5.05. The Kier molecular flexibility index (Phi) is 4.19. The molecule has 0 amide bonds. The van der Waals surface area contributed by atoms with Gasteiger partial charge in [-0.1, -0.05) is 32.1 Å². The highest BCUT2D eigenvalue weighted by Gasteiger charge is 2.41. The number of rotatable bonds is 1. The molecule has 114 valence electrons. The predicted molar refractivity (Wildman–Crippen MR) is 78.1 cm³/mol. The van der Waals surface area contributed by atoms with Crippen LogP contribution in [-0.2, 0) is 14.8 Å². The highest BCUT2D eigenvalue weighted by molar-refractivity contribution is 7.91. The van der Waals surface area contributed by atoms with E-state index in [1.54, 1.807) is 0 Å². The van der Waals surface area contributed by atoms with Gasteiger partial charge in [-0.05, 0) is 32.1 Å². The first-order valence-corrected chi connectivity index (χ1v) is 9.42. The minimum Gasteiger partial charge on any atom is -0.460 e. The second-order valence-electron chi connectivity index (χ2n) is 6.22. The Hall–Kier alpha value is -0.780. The van der Waals surface area contributed by atoms with Crippen LogP contribution in [0, 0.1) is 0 Å². The number of sulfonamides is 1. The fourth-order valence-electron chi connectivity index (χ4n) is 3.55. The van der Waals surface area contributed by atoms with Crippen LogP contribution in [0.1, 0.15) is 64.2 Å². The number of nitrogens with zero attached hydrogens (tertiary/aromatic N) is 1. The summed E-state index contributed by atoms with van der Waals surface area (Å²) in [6, 6.07) is 0.562. The summed E-state index contributed by atoms with van der Waals surface area (Å²) in [7, 11) is -3.39. The van der Waals surface area contributed by atoms with Gasteiger partial charge in [0.05, 0.1) is 0 Å². The molecule has 0 aromatic carbocycles. The molecule has 0 aromatic rings. The van der Waals surface area contributed by atoms with Crippen molar-refractivity contribution in [2.24, 2.45) is 4.40 Å². The number of ether oxygens (including phenoxy) is 1. The summed E-state index contributed by atoms with van der Waals surface area (Å²) >= 11 is 0. The largest absolute Gasteiger partial charge is 0.460 e. The van der Waals surface area contributed by atoms with Gasteiger partial charge in [0, 0.05) is 6.04 Å². The van der Waals surface area contributed by atoms with Crippen LogP contribution in [0.2, 0.25) is 0 Å². The molecule has 3 rings (SSSR count). The van der Waals surface area contributed by atoms with E-state index in [-0.39, 0.29) is 12.1 Å². The SMILES string of the molecule is O=S1(=O)N=C(NC2CCCCCC2)OC2CCCCC21. The molecule has 2 atom stereocenters. The van der Waals surface area contributed by atoms with Gasteiger partial charge < -0.3 is 10.1 Å². The lowest BCUT2D eigenvalue weighted by Gasteiger charge is -2.34. The Balaban J connectivity index is 1.71. The van der Waals surface area contributed by atoms with Crippen LogP contribution in [0.25, 0.3) is 0 Å². The number of hydrogen-bond acceptors (Lipinski definition) is 4. The average Bonchev–Trinajstić information content (AvgIpc) is 2.67. The zero-order valence-corrected chi connectivity index (χ0v) is 12.7. The summed E-state index contributed by atoms with van der Waals surface area (Å²) in [5, 5.41) is 2.81. The predicted octanol–water partition coefficient (Wildman–Crippen LogP) is 2.33. The molecule has 1 heterocycles. The van der Waals surface area contributed by atoms with Crippen LogP contribution in [0.4, 0.5) is 0 Å². The molecule has 1 N–H and O–H groups in total. The van der Waals surface area contributed by atoms with Crippen molar-refractivity contribution >= 4 is 16.0 Å². The molecule has 0 spiro atoms. The van der Waals surface area contributed by atoms with Crippen molar-refractivity contribution in [3.05, 3.63) is 0 Å². The first kappa shape index (κ1) is 14.2. The van der Waals surface area contributed by atoms with E-state index in [2.05, 4.69) is 9.71 Å². The van der Waals surface area contributed by atoms with Gasteiger partial charge >= 0.3 is 6.02 Å². The van der Waals surface area contributed by atoms with Crippen LogP contribution in [0.5, 0.6) is 0 Å². The van der Waals surface area contributed by atoms with E-state index in [1.807, 2.05) is 0 Å². The first-order chi connectivity index (χ1) is 9.65. The topological polar surface area (TPSA) is 67.8 Å². The first-order valence-electron chi connectivity index (χ1n) is 7.92. The third-order valence-electron chi connectivity index (χ3n) is 4.68. The number of nitrogens with one attached hydrogen (secondary N) is 1. The third-order valence-corrected chi connectivity index (χ3v) is 6.41. The van der Waals surface area contributed by atoms with Crippen molar-refractivity contribution in [1.29, 1.82) is 0 Å². The van der Waals surface area contributed by atoms with Gasteiger partial charge in [0.15, 0.2) is 0 Å². The van der Waals surface area contributed by atoms with E-state index in [0.717, 1.165) is 32.1 Å². The Morgan fingerprint density at radius 3 is 2.35 bits per heavy atom. The quantitative estimate of drug-likeness (QED) is 0.755. The van der Waals surface area contributed by atoms with Crippen molar-refractivity contribution in [2.45, 2.75) is 81.6 Å². The van der Waals surface area contributed by atoms with Crippen molar-refractivity contribution in [3.63, 3.8) is 0 Å². The van der Waals surface area contributed by atoms with E-state index in [4.69, 9.17) is 4.74 Å². The van der Waals surface area contributed by atoms with E-state index < -0.39 is 15.3 Å². The highest BCUT2D eigenvalue weighted by atomic mass is 32.2. The zero-order valence-electron chi connectivity index (χ0n) is 11.9. The van der Waals surface area contributed by atoms with Gasteiger partial charge in [0.1, 0.15) is 11.4 Å². The van der Waals surface area contributed by atoms with Gasteiger partial charge in [-0.25, -0.2) is 8.42 Å². The Morgan fingerprint density at radius 1 is 0.950 bits per heavy atom. The van der Waals surface area contributed by atoms with Gasteiger partial charge in [-0.2, -0.15) is 0 Å². The van der Waals surface area contributed by atoms with Crippen molar-refractivity contribution in [1.82, 2.24) is 5.32 Å². The lowest BCUT2D eigenvalue weighted by atomic mass is 9.97. The average molecular weight is 300 g/mol. The molecular weight excluding hydrogens is 276 g/mol. The van der Waals surface area contributed by atoms with E-state index in [1.165, 1.54) is 25.7 Å². The summed E-state index contributed by atoms with van der Waals surface area (Å²) in [6.45, 7) is 0. The van der Waals surface area contributed by atoms with Crippen LogP contribution < -0.4 is 5.32 Å². The number of hydrogen-bond donors (Lipinski definition) is 1. The Labute approximate surface area is 121 Å². The molecular formula is C14H24N2O3S. The maximum atomic E-state index is 12.2. The second-order valence-corrected chi connectivity index (χ2v) is 8.04. The van der Waals surface area contributed by atoms with Gasteiger partial charge in [0.25, 0.3) is 10.0 Å². The normalized spacial score (nSPS) is 34.3. The van der Waals surface area contributed by atoms with Crippen LogP contribution in [0.15, 0.2) is 4.40 Å². The summed E-state index contributed by atoms with van der Waals surface area (Å²) in [5.74, 6) is 0. The van der Waals surface area contributed by atoms with Crippen LogP contribution >= 0.6 is 0 Å². The van der Waals surface area contributed by atoms with Gasteiger partial charge in [-0.15, -0.1) is 4.40 Å². The molecule has 20 heavy (non-hydrogen) atoms. The van der Waals surface area contributed by atoms with E-state index >= 15 is 0 Å². The summed E-state index contributed by atoms with van der Waals surface area (Å²) in [6.07, 6.45) is 10.4. The second kappa shape index (κ2) is 5.92. The Morgan fingerprint density at radius 2 is 1.60 bits per heavy atom. The molecule has 0 aromatic heterocycles. The lowest BCUT2D eigenvalue weighted by molar-refractivity contribution is 0.131. The van der Waals surface area contributed by atoms with Gasteiger partial charge in [0.2, 0.25) is 0 Å². The van der Waals surface area contributed by atoms with Crippen LogP contribution in [-0.4, -0.2) is 31.8 Å². The summed E-state index contributed by atoms with van der Waals surface area (Å²) < 4.78 is 34.2. The standard InChI is InChI=1S/C14H24N2O3S/c17-20(18)13-10-6-5-9-12(13)19-14(16-20)15-11-7-3-1-2-4-8-11/h11-13H,1-10H2,(H,15,16). The van der Waals surface area contributed by atoms with Crippen molar-refractivity contribution < 1.29 is 13.2 Å². The fraction of sp³-hybridized carbons (Fsp3) is 0.929. The van der Waals surface area contributed by atoms with Crippen molar-refractivity contribution in [3.8, 4) is 0 Å². The molecule has 0 bridgehead atoms. The molecule has 0 saturated heterocycles. The van der Waals surface area contributed by atoms with E-state index in [0.29, 0.717) is 12.5 Å². The van der Waals surface area contributed by atoms with E-state index in [9.17, 15) is 8.42 Å². The number of amidine groups is 1. The van der Waals surface area contributed by atoms with Crippen molar-refractivity contribution in [2.75, 3.05) is 0 Å². The molecule has 2 saturated carbocycles. The van der Waals surface area contributed by atoms with Gasteiger partial charge in [-0.3, -0.25) is 0 Å². The molecule has 1 aliphatic heterocycles. The minimum absolute atomic E-state index is 0.195.